The minimum absolute atomic E-state index is 0.399. The van der Waals surface area contributed by atoms with Gasteiger partial charge in [-0.1, -0.05) is 25.7 Å². The predicted molar refractivity (Wildman–Crippen MR) is 87.7 cm³/mol. The highest BCUT2D eigenvalue weighted by atomic mass is 35.5. The van der Waals surface area contributed by atoms with Crippen molar-refractivity contribution >= 4 is 11.6 Å². The van der Waals surface area contributed by atoms with Gasteiger partial charge in [-0.25, -0.2) is 0 Å². The van der Waals surface area contributed by atoms with Gasteiger partial charge in [0, 0.05) is 18.1 Å². The van der Waals surface area contributed by atoms with Crippen molar-refractivity contribution in [3.8, 4) is 0 Å². The first kappa shape index (κ1) is 15.4. The van der Waals surface area contributed by atoms with Gasteiger partial charge in [0.25, 0.3) is 0 Å². The van der Waals surface area contributed by atoms with Crippen LogP contribution in [0.15, 0.2) is 12.3 Å². The molecule has 1 N–H and O–H groups in total. The molecule has 3 rings (SSSR count). The van der Waals surface area contributed by atoms with Crippen LogP contribution in [0.2, 0.25) is 0 Å². The Kier molecular flexibility index (Phi) is 5.59. The van der Waals surface area contributed by atoms with Crippen LogP contribution in [-0.2, 0) is 6.54 Å². The van der Waals surface area contributed by atoms with Gasteiger partial charge >= 0.3 is 0 Å². The molecule has 2 aliphatic carbocycles. The molecule has 0 aromatic carbocycles. The molecule has 0 amide bonds. The van der Waals surface area contributed by atoms with Crippen molar-refractivity contribution in [3.05, 3.63) is 18.0 Å². The standard InChI is InChI=1S/C17H28ClN3/c18-15-6-4-5-14(11-15)12-19-13-16-9-10-21(20-16)17-7-2-1-3-8-17/h9-10,14-15,17,19H,1-8,11-13H2. The maximum absolute atomic E-state index is 6.25. The monoisotopic (exact) mass is 309 g/mol. The van der Waals surface area contributed by atoms with Gasteiger partial charge < -0.3 is 5.32 Å². The molecule has 118 valence electrons. The van der Waals surface area contributed by atoms with Gasteiger partial charge in [0.2, 0.25) is 0 Å². The summed E-state index contributed by atoms with van der Waals surface area (Å²) in [5.74, 6) is 0.752. The van der Waals surface area contributed by atoms with Crippen molar-refractivity contribution < 1.29 is 0 Å². The maximum Gasteiger partial charge on any atom is 0.0762 e. The van der Waals surface area contributed by atoms with Crippen molar-refractivity contribution in [2.75, 3.05) is 6.54 Å². The van der Waals surface area contributed by atoms with E-state index in [-0.39, 0.29) is 0 Å². The molecular formula is C17H28ClN3. The van der Waals surface area contributed by atoms with Gasteiger partial charge in [0.15, 0.2) is 0 Å². The summed E-state index contributed by atoms with van der Waals surface area (Å²) in [6, 6.07) is 2.81. The first-order valence-corrected chi connectivity index (χ1v) is 9.14. The molecule has 0 saturated heterocycles. The molecule has 1 aromatic heterocycles. The van der Waals surface area contributed by atoms with Crippen LogP contribution >= 0.6 is 11.6 Å². The zero-order valence-corrected chi connectivity index (χ0v) is 13.7. The topological polar surface area (TPSA) is 29.9 Å². The van der Waals surface area contributed by atoms with E-state index in [0.717, 1.165) is 19.0 Å². The Morgan fingerprint density at radius 3 is 2.81 bits per heavy atom. The van der Waals surface area contributed by atoms with E-state index in [1.54, 1.807) is 0 Å². The molecule has 1 heterocycles. The normalized spacial score (nSPS) is 27.9. The fraction of sp³-hybridized carbons (Fsp3) is 0.824. The number of hydrogen-bond acceptors (Lipinski definition) is 2. The van der Waals surface area contributed by atoms with E-state index in [4.69, 9.17) is 16.7 Å². The number of halogens is 1. The van der Waals surface area contributed by atoms with Crippen LogP contribution < -0.4 is 5.32 Å². The minimum Gasteiger partial charge on any atom is -0.311 e. The van der Waals surface area contributed by atoms with Gasteiger partial charge in [0.05, 0.1) is 11.7 Å². The number of nitrogens with one attached hydrogen (secondary N) is 1. The lowest BCUT2D eigenvalue weighted by Gasteiger charge is -2.25. The lowest BCUT2D eigenvalue weighted by molar-refractivity contribution is 0.326. The first-order chi connectivity index (χ1) is 10.3. The number of hydrogen-bond donors (Lipinski definition) is 1. The highest BCUT2D eigenvalue weighted by Gasteiger charge is 2.20. The second-order valence-corrected chi connectivity index (χ2v) is 7.46. The van der Waals surface area contributed by atoms with Crippen LogP contribution in [0.4, 0.5) is 0 Å². The Labute approximate surface area is 133 Å². The highest BCUT2D eigenvalue weighted by molar-refractivity contribution is 6.20. The molecule has 0 aliphatic heterocycles. The van der Waals surface area contributed by atoms with Crippen molar-refractivity contribution in [2.24, 2.45) is 5.92 Å². The third-order valence-corrected chi connectivity index (χ3v) is 5.47. The molecule has 2 atom stereocenters. The van der Waals surface area contributed by atoms with E-state index in [0.29, 0.717) is 11.4 Å². The van der Waals surface area contributed by atoms with Gasteiger partial charge in [-0.05, 0) is 50.6 Å². The Hall–Kier alpha value is -0.540. The Morgan fingerprint density at radius 1 is 1.14 bits per heavy atom. The van der Waals surface area contributed by atoms with E-state index >= 15 is 0 Å². The predicted octanol–water partition coefficient (Wildman–Crippen LogP) is 4.28. The van der Waals surface area contributed by atoms with Gasteiger partial charge in [0.1, 0.15) is 0 Å². The minimum atomic E-state index is 0.399. The molecule has 4 heteroatoms. The lowest BCUT2D eigenvalue weighted by atomic mass is 9.89. The average molecular weight is 310 g/mol. The molecule has 0 radical (unpaired) electrons. The summed E-state index contributed by atoms with van der Waals surface area (Å²) in [5, 5.41) is 8.73. The zero-order valence-electron chi connectivity index (χ0n) is 12.9. The maximum atomic E-state index is 6.25. The summed E-state index contributed by atoms with van der Waals surface area (Å²) in [4.78, 5) is 0. The Bertz CT molecular complexity index is 425. The SMILES string of the molecule is ClC1CCCC(CNCc2ccn(C3CCCCC3)n2)C1. The molecule has 2 unspecified atom stereocenters. The number of aromatic nitrogens is 2. The summed E-state index contributed by atoms with van der Waals surface area (Å²) < 4.78 is 2.20. The molecule has 3 nitrogen and oxygen atoms in total. The smallest absolute Gasteiger partial charge is 0.0762 e. The van der Waals surface area contributed by atoms with Gasteiger partial charge in [-0.3, -0.25) is 4.68 Å². The molecule has 0 spiro atoms. The first-order valence-electron chi connectivity index (χ1n) is 8.70. The summed E-state index contributed by atoms with van der Waals surface area (Å²) in [6.45, 7) is 1.97. The van der Waals surface area contributed by atoms with E-state index in [2.05, 4.69) is 22.3 Å². The van der Waals surface area contributed by atoms with Crippen LogP contribution in [0.1, 0.15) is 69.5 Å². The Balaban J connectivity index is 1.42. The Morgan fingerprint density at radius 2 is 2.00 bits per heavy atom. The highest BCUT2D eigenvalue weighted by Crippen LogP contribution is 2.28. The molecular weight excluding hydrogens is 282 g/mol. The average Bonchev–Trinajstić information content (AvgIpc) is 2.97. The fourth-order valence-corrected chi connectivity index (χ4v) is 4.24. The van der Waals surface area contributed by atoms with Crippen molar-refractivity contribution in [3.63, 3.8) is 0 Å². The summed E-state index contributed by atoms with van der Waals surface area (Å²) in [7, 11) is 0. The number of rotatable bonds is 5. The third kappa shape index (κ3) is 4.46. The summed E-state index contributed by atoms with van der Waals surface area (Å²) in [5.41, 5.74) is 1.18. The van der Waals surface area contributed by atoms with Crippen LogP contribution in [0.3, 0.4) is 0 Å². The van der Waals surface area contributed by atoms with Crippen LogP contribution in [0.25, 0.3) is 0 Å². The van der Waals surface area contributed by atoms with E-state index in [1.807, 2.05) is 0 Å². The van der Waals surface area contributed by atoms with Crippen molar-refractivity contribution in [1.29, 1.82) is 0 Å². The van der Waals surface area contributed by atoms with Crippen LogP contribution in [0, 0.1) is 5.92 Å². The zero-order chi connectivity index (χ0) is 14.5. The molecule has 21 heavy (non-hydrogen) atoms. The molecule has 2 fully saturated rings. The molecule has 0 bridgehead atoms. The second kappa shape index (κ2) is 7.64. The van der Waals surface area contributed by atoms with Gasteiger partial charge in [-0.2, -0.15) is 5.10 Å². The van der Waals surface area contributed by atoms with E-state index in [1.165, 1.54) is 63.5 Å². The van der Waals surface area contributed by atoms with Crippen LogP contribution in [0.5, 0.6) is 0 Å². The quantitative estimate of drug-likeness (QED) is 0.823. The fourth-order valence-electron chi connectivity index (χ4n) is 3.84. The lowest BCUT2D eigenvalue weighted by Crippen LogP contribution is -2.27. The second-order valence-electron chi connectivity index (χ2n) is 6.84. The molecule has 2 aliphatic rings. The van der Waals surface area contributed by atoms with Crippen LogP contribution in [-0.4, -0.2) is 21.7 Å². The third-order valence-electron chi connectivity index (χ3n) is 5.07. The van der Waals surface area contributed by atoms with Crippen molar-refractivity contribution in [1.82, 2.24) is 15.1 Å². The molecule has 2 saturated carbocycles. The number of alkyl halides is 1. The molecule has 1 aromatic rings. The number of nitrogens with zero attached hydrogens (tertiary/aromatic N) is 2. The largest absolute Gasteiger partial charge is 0.311 e. The van der Waals surface area contributed by atoms with E-state index in [9.17, 15) is 0 Å². The van der Waals surface area contributed by atoms with Gasteiger partial charge in [-0.15, -0.1) is 11.6 Å². The van der Waals surface area contributed by atoms with Crippen molar-refractivity contribution in [2.45, 2.75) is 75.8 Å². The summed E-state index contributed by atoms with van der Waals surface area (Å²) >= 11 is 6.25. The van der Waals surface area contributed by atoms with E-state index < -0.39 is 0 Å². The summed E-state index contributed by atoms with van der Waals surface area (Å²) in [6.07, 6.45) is 13.9.